The van der Waals surface area contributed by atoms with Crippen LogP contribution in [0.1, 0.15) is 11.1 Å². The summed E-state index contributed by atoms with van der Waals surface area (Å²) in [6.07, 6.45) is 3.69. The molecule has 34 heavy (non-hydrogen) atoms. The van der Waals surface area contributed by atoms with Gasteiger partial charge in [-0.1, -0.05) is 24.3 Å². The summed E-state index contributed by atoms with van der Waals surface area (Å²) >= 11 is 0. The zero-order valence-electron chi connectivity index (χ0n) is 19.6. The van der Waals surface area contributed by atoms with E-state index in [1.165, 1.54) is 26.4 Å². The highest BCUT2D eigenvalue weighted by Gasteiger charge is 2.18. The van der Waals surface area contributed by atoms with Crippen LogP contribution in [0.2, 0.25) is 0 Å². The van der Waals surface area contributed by atoms with Gasteiger partial charge in [-0.3, -0.25) is 4.72 Å². The van der Waals surface area contributed by atoms with Gasteiger partial charge in [0.25, 0.3) is 10.0 Å². The van der Waals surface area contributed by atoms with Gasteiger partial charge in [0.05, 0.1) is 46.1 Å². The van der Waals surface area contributed by atoms with E-state index in [-0.39, 0.29) is 4.90 Å². The maximum Gasteiger partial charge on any atom is 0.262 e. The third kappa shape index (κ3) is 5.55. The highest BCUT2D eigenvalue weighted by atomic mass is 32.2. The molecule has 3 aromatic carbocycles. The molecular weight excluding hydrogens is 458 g/mol. The molecule has 1 N–H and O–H groups in total. The molecule has 0 amide bonds. The van der Waals surface area contributed by atoms with Crippen molar-refractivity contribution in [2.75, 3.05) is 40.3 Å². The Hall–Kier alpha value is -3.85. The summed E-state index contributed by atoms with van der Waals surface area (Å²) in [5.41, 5.74) is 1.86. The van der Waals surface area contributed by atoms with Crippen LogP contribution in [-0.2, 0) is 10.0 Å². The lowest BCUT2D eigenvalue weighted by Crippen LogP contribution is -2.13. The average molecular weight is 486 g/mol. The molecule has 0 heterocycles. The maximum absolute atomic E-state index is 13.0. The van der Waals surface area contributed by atoms with Gasteiger partial charge in [-0.05, 0) is 47.5 Å². The molecule has 0 saturated heterocycles. The Kier molecular flexibility index (Phi) is 7.91. The van der Waals surface area contributed by atoms with Crippen LogP contribution in [0.4, 0.5) is 5.69 Å². The Morgan fingerprint density at radius 2 is 1.32 bits per heavy atom. The topological polar surface area (TPSA) is 92.3 Å². The van der Waals surface area contributed by atoms with Crippen molar-refractivity contribution in [1.82, 2.24) is 0 Å². The number of methoxy groups -OCH3 is 5. The summed E-state index contributed by atoms with van der Waals surface area (Å²) in [5.74, 6) is 2.39. The maximum atomic E-state index is 13.0. The number of sulfonamides is 1. The van der Waals surface area contributed by atoms with Gasteiger partial charge in [-0.2, -0.15) is 0 Å². The summed E-state index contributed by atoms with van der Waals surface area (Å²) in [5, 5.41) is 0. The van der Waals surface area contributed by atoms with Gasteiger partial charge in [0, 0.05) is 6.07 Å². The van der Waals surface area contributed by atoms with Crippen molar-refractivity contribution in [1.29, 1.82) is 0 Å². The highest BCUT2D eigenvalue weighted by Crippen LogP contribution is 2.38. The Balaban J connectivity index is 1.93. The van der Waals surface area contributed by atoms with E-state index in [4.69, 9.17) is 23.7 Å². The summed E-state index contributed by atoms with van der Waals surface area (Å²) in [6, 6.07) is 15.0. The van der Waals surface area contributed by atoms with Gasteiger partial charge in [0.15, 0.2) is 11.5 Å². The number of hydrogen-bond donors (Lipinski definition) is 1. The van der Waals surface area contributed by atoms with Crippen molar-refractivity contribution >= 4 is 27.9 Å². The Morgan fingerprint density at radius 1 is 0.676 bits per heavy atom. The number of hydrogen-bond acceptors (Lipinski definition) is 7. The average Bonchev–Trinajstić information content (AvgIpc) is 2.86. The van der Waals surface area contributed by atoms with Crippen LogP contribution in [0, 0.1) is 0 Å². The van der Waals surface area contributed by atoms with E-state index in [2.05, 4.69) is 4.72 Å². The van der Waals surface area contributed by atoms with Crippen LogP contribution in [-0.4, -0.2) is 44.0 Å². The van der Waals surface area contributed by atoms with Crippen LogP contribution >= 0.6 is 0 Å². The fourth-order valence-corrected chi connectivity index (χ4v) is 4.37. The lowest BCUT2D eigenvalue weighted by Gasteiger charge is -2.14. The normalized spacial score (nSPS) is 11.2. The first-order valence-corrected chi connectivity index (χ1v) is 11.7. The number of benzene rings is 3. The van der Waals surface area contributed by atoms with E-state index in [1.807, 2.05) is 30.4 Å². The van der Waals surface area contributed by atoms with Crippen LogP contribution in [0.3, 0.4) is 0 Å². The molecule has 0 aromatic heterocycles. The van der Waals surface area contributed by atoms with E-state index in [0.29, 0.717) is 34.4 Å². The SMILES string of the molecule is COc1cccc(S(=O)(=O)Nc2cc(/C=C\c3cc(OC)c(OC)c(OC)c3)ccc2OC)c1. The summed E-state index contributed by atoms with van der Waals surface area (Å²) < 4.78 is 55.1. The molecular formula is C25H27NO7S. The Labute approximate surface area is 199 Å². The Bertz CT molecular complexity index is 1260. The Morgan fingerprint density at radius 3 is 1.91 bits per heavy atom. The standard InChI is InChI=1S/C25H27NO7S/c1-29-19-7-6-8-20(16-19)34(27,28)26-21-13-17(11-12-22(21)30-2)9-10-18-14-23(31-3)25(33-5)24(15-18)32-4/h6-16,26H,1-5H3/b10-9-. The van der Waals surface area contributed by atoms with Gasteiger partial charge >= 0.3 is 0 Å². The van der Waals surface area contributed by atoms with Crippen LogP contribution in [0.25, 0.3) is 12.2 Å². The van der Waals surface area contributed by atoms with Crippen molar-refractivity contribution in [3.63, 3.8) is 0 Å². The quantitative estimate of drug-likeness (QED) is 0.416. The van der Waals surface area contributed by atoms with Crippen molar-refractivity contribution in [2.45, 2.75) is 4.90 Å². The van der Waals surface area contributed by atoms with Crippen molar-refractivity contribution in [3.8, 4) is 28.7 Å². The molecule has 0 bridgehead atoms. The minimum Gasteiger partial charge on any atom is -0.497 e. The minimum atomic E-state index is -3.87. The predicted molar refractivity (Wildman–Crippen MR) is 132 cm³/mol. The second-order valence-electron chi connectivity index (χ2n) is 7.04. The summed E-state index contributed by atoms with van der Waals surface area (Å²) in [7, 11) is 3.73. The minimum absolute atomic E-state index is 0.0762. The predicted octanol–water partition coefficient (Wildman–Crippen LogP) is 4.70. The largest absolute Gasteiger partial charge is 0.497 e. The highest BCUT2D eigenvalue weighted by molar-refractivity contribution is 7.92. The molecule has 0 unspecified atom stereocenters. The van der Waals surface area contributed by atoms with Crippen LogP contribution in [0.15, 0.2) is 59.5 Å². The summed E-state index contributed by atoms with van der Waals surface area (Å²) in [4.78, 5) is 0.0762. The molecule has 0 saturated carbocycles. The lowest BCUT2D eigenvalue weighted by atomic mass is 10.1. The zero-order valence-corrected chi connectivity index (χ0v) is 20.4. The van der Waals surface area contributed by atoms with E-state index in [0.717, 1.165) is 11.1 Å². The van der Waals surface area contributed by atoms with Gasteiger partial charge in [-0.15, -0.1) is 0 Å². The number of anilines is 1. The third-order valence-electron chi connectivity index (χ3n) is 4.97. The van der Waals surface area contributed by atoms with Crippen LogP contribution in [0.5, 0.6) is 28.7 Å². The number of nitrogens with one attached hydrogen (secondary N) is 1. The molecule has 0 atom stereocenters. The van der Waals surface area contributed by atoms with Crippen molar-refractivity contribution in [2.24, 2.45) is 0 Å². The molecule has 180 valence electrons. The second kappa shape index (κ2) is 10.8. The summed E-state index contributed by atoms with van der Waals surface area (Å²) in [6.45, 7) is 0. The van der Waals surface area contributed by atoms with E-state index in [1.54, 1.807) is 45.6 Å². The van der Waals surface area contributed by atoms with Gasteiger partial charge in [0.1, 0.15) is 11.5 Å². The molecule has 0 aliphatic heterocycles. The van der Waals surface area contributed by atoms with Crippen molar-refractivity contribution < 1.29 is 32.1 Å². The fourth-order valence-electron chi connectivity index (χ4n) is 3.27. The van der Waals surface area contributed by atoms with E-state index in [9.17, 15) is 8.42 Å². The molecule has 0 spiro atoms. The zero-order chi connectivity index (χ0) is 24.7. The molecule has 0 radical (unpaired) electrons. The van der Waals surface area contributed by atoms with Gasteiger partial charge in [-0.25, -0.2) is 8.42 Å². The first-order chi connectivity index (χ1) is 16.3. The molecule has 0 aliphatic rings. The third-order valence-corrected chi connectivity index (χ3v) is 6.34. The smallest absolute Gasteiger partial charge is 0.262 e. The first-order valence-electron chi connectivity index (χ1n) is 10.2. The lowest BCUT2D eigenvalue weighted by molar-refractivity contribution is 0.324. The van der Waals surface area contributed by atoms with Gasteiger partial charge < -0.3 is 23.7 Å². The van der Waals surface area contributed by atoms with E-state index < -0.39 is 10.0 Å². The van der Waals surface area contributed by atoms with E-state index >= 15 is 0 Å². The molecule has 8 nitrogen and oxygen atoms in total. The van der Waals surface area contributed by atoms with Crippen molar-refractivity contribution in [3.05, 3.63) is 65.7 Å². The second-order valence-corrected chi connectivity index (χ2v) is 8.72. The molecule has 3 rings (SSSR count). The first kappa shape index (κ1) is 24.8. The van der Waals surface area contributed by atoms with Crippen LogP contribution < -0.4 is 28.4 Å². The fraction of sp³-hybridized carbons (Fsp3) is 0.200. The molecule has 9 heteroatoms. The monoisotopic (exact) mass is 485 g/mol. The number of rotatable bonds is 10. The van der Waals surface area contributed by atoms with Gasteiger partial charge in [0.2, 0.25) is 5.75 Å². The molecule has 0 aliphatic carbocycles. The molecule has 3 aromatic rings. The number of ether oxygens (including phenoxy) is 5. The molecule has 0 fully saturated rings.